The number of carbonyl (C=O) groups excluding carboxylic acids is 1. The molecule has 1 aliphatic heterocycles. The molecular formula is C19H26N4O2. The molecule has 0 saturated carbocycles. The Kier molecular flexibility index (Phi) is 5.83. The molecule has 1 amide bonds. The Balaban J connectivity index is 1.46. The largest absolute Gasteiger partial charge is 0.444 e. The fourth-order valence-corrected chi connectivity index (χ4v) is 3.00. The van der Waals surface area contributed by atoms with E-state index in [1.165, 1.54) is 0 Å². The van der Waals surface area contributed by atoms with E-state index in [1.807, 2.05) is 44.2 Å². The van der Waals surface area contributed by atoms with Crippen LogP contribution in [0.4, 0.5) is 0 Å². The van der Waals surface area contributed by atoms with Crippen LogP contribution in [-0.2, 0) is 11.3 Å². The highest BCUT2D eigenvalue weighted by Crippen LogP contribution is 2.19. The maximum Gasteiger partial charge on any atom is 0.234 e. The number of hydrogen-bond acceptors (Lipinski definition) is 5. The number of rotatable bonds is 6. The van der Waals surface area contributed by atoms with Crippen LogP contribution in [-0.4, -0.2) is 59.5 Å². The molecule has 6 nitrogen and oxygen atoms in total. The van der Waals surface area contributed by atoms with Gasteiger partial charge in [0.1, 0.15) is 6.26 Å². The van der Waals surface area contributed by atoms with Gasteiger partial charge in [0.2, 0.25) is 11.8 Å². The third kappa shape index (κ3) is 5.14. The van der Waals surface area contributed by atoms with Crippen molar-refractivity contribution in [3.05, 3.63) is 42.3 Å². The van der Waals surface area contributed by atoms with Crippen molar-refractivity contribution in [3.8, 4) is 11.5 Å². The minimum Gasteiger partial charge on any atom is -0.444 e. The van der Waals surface area contributed by atoms with E-state index in [0.717, 1.165) is 44.0 Å². The van der Waals surface area contributed by atoms with E-state index in [4.69, 9.17) is 4.42 Å². The van der Waals surface area contributed by atoms with Gasteiger partial charge >= 0.3 is 0 Å². The van der Waals surface area contributed by atoms with Crippen molar-refractivity contribution in [2.45, 2.75) is 26.4 Å². The number of nitrogens with zero attached hydrogens (tertiary/aromatic N) is 3. The fourth-order valence-electron chi connectivity index (χ4n) is 3.00. The molecule has 0 radical (unpaired) electrons. The summed E-state index contributed by atoms with van der Waals surface area (Å²) in [6.07, 6.45) is 1.74. The Morgan fingerprint density at radius 2 is 1.84 bits per heavy atom. The molecule has 0 atom stereocenters. The summed E-state index contributed by atoms with van der Waals surface area (Å²) in [6.45, 7) is 8.89. The van der Waals surface area contributed by atoms with E-state index in [9.17, 15) is 4.79 Å². The SMILES string of the molecule is CC(C)NC(=O)CN1CCN(Cc2coc(-c3ccccc3)n2)CC1. The van der Waals surface area contributed by atoms with Crippen LogP contribution < -0.4 is 5.32 Å². The van der Waals surface area contributed by atoms with Crippen molar-refractivity contribution in [1.29, 1.82) is 0 Å². The van der Waals surface area contributed by atoms with Gasteiger partial charge in [-0.3, -0.25) is 14.6 Å². The standard InChI is InChI=1S/C19H26N4O2/c1-15(2)20-18(24)13-23-10-8-22(9-11-23)12-17-14-25-19(21-17)16-6-4-3-5-7-16/h3-7,14-15H,8-13H2,1-2H3,(H,20,24). The summed E-state index contributed by atoms with van der Waals surface area (Å²) in [6, 6.07) is 10.1. The van der Waals surface area contributed by atoms with E-state index >= 15 is 0 Å². The van der Waals surface area contributed by atoms with Gasteiger partial charge in [-0.25, -0.2) is 4.98 Å². The van der Waals surface area contributed by atoms with Gasteiger partial charge in [0.05, 0.1) is 12.2 Å². The second kappa shape index (κ2) is 8.27. The Morgan fingerprint density at radius 1 is 1.16 bits per heavy atom. The van der Waals surface area contributed by atoms with Crippen LogP contribution in [0.15, 0.2) is 41.0 Å². The summed E-state index contributed by atoms with van der Waals surface area (Å²) in [5.74, 6) is 0.770. The third-order valence-corrected chi connectivity index (χ3v) is 4.24. The predicted octanol–water partition coefficient (Wildman–Crippen LogP) is 1.98. The van der Waals surface area contributed by atoms with Crippen molar-refractivity contribution < 1.29 is 9.21 Å². The number of aromatic nitrogens is 1. The molecule has 0 bridgehead atoms. The van der Waals surface area contributed by atoms with E-state index in [0.29, 0.717) is 12.4 Å². The van der Waals surface area contributed by atoms with Crippen LogP contribution in [0.5, 0.6) is 0 Å². The molecule has 0 aliphatic carbocycles. The molecule has 6 heteroatoms. The van der Waals surface area contributed by atoms with Gasteiger partial charge < -0.3 is 9.73 Å². The molecule has 134 valence electrons. The van der Waals surface area contributed by atoms with Gasteiger partial charge in [-0.2, -0.15) is 0 Å². The van der Waals surface area contributed by atoms with Gasteiger partial charge in [-0.1, -0.05) is 18.2 Å². The van der Waals surface area contributed by atoms with E-state index < -0.39 is 0 Å². The summed E-state index contributed by atoms with van der Waals surface area (Å²) in [4.78, 5) is 21.0. The summed E-state index contributed by atoms with van der Waals surface area (Å²) >= 11 is 0. The highest BCUT2D eigenvalue weighted by molar-refractivity contribution is 5.78. The number of piperazine rings is 1. The van der Waals surface area contributed by atoms with Gasteiger partial charge in [0.25, 0.3) is 0 Å². The molecule has 0 unspecified atom stereocenters. The molecule has 25 heavy (non-hydrogen) atoms. The lowest BCUT2D eigenvalue weighted by Gasteiger charge is -2.33. The first-order chi connectivity index (χ1) is 12.1. The first-order valence-electron chi connectivity index (χ1n) is 8.84. The number of benzene rings is 1. The topological polar surface area (TPSA) is 61.6 Å². The van der Waals surface area contributed by atoms with E-state index in [1.54, 1.807) is 6.26 Å². The van der Waals surface area contributed by atoms with Gasteiger partial charge in [0, 0.05) is 44.3 Å². The van der Waals surface area contributed by atoms with Crippen LogP contribution in [0.1, 0.15) is 19.5 Å². The van der Waals surface area contributed by atoms with Crippen molar-refractivity contribution in [1.82, 2.24) is 20.1 Å². The molecule has 1 aromatic heterocycles. The lowest BCUT2D eigenvalue weighted by molar-refractivity contribution is -0.123. The highest BCUT2D eigenvalue weighted by Gasteiger charge is 2.20. The number of amides is 1. The molecule has 2 heterocycles. The van der Waals surface area contributed by atoms with Gasteiger partial charge in [0.15, 0.2) is 0 Å². The lowest BCUT2D eigenvalue weighted by Crippen LogP contribution is -2.49. The van der Waals surface area contributed by atoms with Crippen molar-refractivity contribution in [2.75, 3.05) is 32.7 Å². The molecule has 3 rings (SSSR count). The number of hydrogen-bond donors (Lipinski definition) is 1. The van der Waals surface area contributed by atoms with E-state index in [2.05, 4.69) is 20.1 Å². The second-order valence-electron chi connectivity index (χ2n) is 6.78. The zero-order valence-corrected chi connectivity index (χ0v) is 14.9. The molecule has 0 spiro atoms. The molecule has 2 aromatic rings. The molecule has 1 N–H and O–H groups in total. The molecular weight excluding hydrogens is 316 g/mol. The normalized spacial score (nSPS) is 16.3. The molecule has 1 aromatic carbocycles. The lowest BCUT2D eigenvalue weighted by atomic mass is 10.2. The Hall–Kier alpha value is -2.18. The molecule has 1 aliphatic rings. The van der Waals surface area contributed by atoms with Crippen molar-refractivity contribution >= 4 is 5.91 Å². The Bertz CT molecular complexity index is 676. The highest BCUT2D eigenvalue weighted by atomic mass is 16.3. The van der Waals surface area contributed by atoms with Crippen molar-refractivity contribution in [3.63, 3.8) is 0 Å². The van der Waals surface area contributed by atoms with Crippen LogP contribution in [0.25, 0.3) is 11.5 Å². The summed E-state index contributed by atoms with van der Waals surface area (Å²) in [7, 11) is 0. The van der Waals surface area contributed by atoms with E-state index in [-0.39, 0.29) is 11.9 Å². The average molecular weight is 342 g/mol. The first kappa shape index (κ1) is 17.6. The predicted molar refractivity (Wildman–Crippen MR) is 96.9 cm³/mol. The maximum atomic E-state index is 11.8. The second-order valence-corrected chi connectivity index (χ2v) is 6.78. The van der Waals surface area contributed by atoms with Gasteiger partial charge in [-0.15, -0.1) is 0 Å². The van der Waals surface area contributed by atoms with Crippen molar-refractivity contribution in [2.24, 2.45) is 0 Å². The van der Waals surface area contributed by atoms with Crippen LogP contribution in [0, 0.1) is 0 Å². The smallest absolute Gasteiger partial charge is 0.234 e. The summed E-state index contributed by atoms with van der Waals surface area (Å²) < 4.78 is 5.60. The quantitative estimate of drug-likeness (QED) is 0.870. The molecule has 1 saturated heterocycles. The third-order valence-electron chi connectivity index (χ3n) is 4.24. The zero-order chi connectivity index (χ0) is 17.6. The average Bonchev–Trinajstić information content (AvgIpc) is 3.05. The Morgan fingerprint density at radius 3 is 2.52 bits per heavy atom. The maximum absolute atomic E-state index is 11.8. The number of nitrogens with one attached hydrogen (secondary N) is 1. The van der Waals surface area contributed by atoms with Crippen LogP contribution >= 0.6 is 0 Å². The van der Waals surface area contributed by atoms with Crippen LogP contribution in [0.2, 0.25) is 0 Å². The van der Waals surface area contributed by atoms with Crippen LogP contribution in [0.3, 0.4) is 0 Å². The zero-order valence-electron chi connectivity index (χ0n) is 14.9. The summed E-state index contributed by atoms with van der Waals surface area (Å²) in [5, 5.41) is 2.94. The first-order valence-corrected chi connectivity index (χ1v) is 8.84. The molecule has 1 fully saturated rings. The minimum atomic E-state index is 0.104. The fraction of sp³-hybridized carbons (Fsp3) is 0.474. The van der Waals surface area contributed by atoms with Gasteiger partial charge in [-0.05, 0) is 26.0 Å². The monoisotopic (exact) mass is 342 g/mol. The number of oxazole rings is 1. The summed E-state index contributed by atoms with van der Waals surface area (Å²) in [5.41, 5.74) is 1.94. The Labute approximate surface area is 148 Å². The minimum absolute atomic E-state index is 0.104. The number of carbonyl (C=O) groups is 1.